The molecule has 0 bridgehead atoms. The summed E-state index contributed by atoms with van der Waals surface area (Å²) in [6.45, 7) is 0. The van der Waals surface area contributed by atoms with Crippen molar-refractivity contribution in [3.8, 4) is 16.9 Å². The first-order valence-corrected chi connectivity index (χ1v) is 14.8. The minimum absolute atomic E-state index is 0.00648. The summed E-state index contributed by atoms with van der Waals surface area (Å²) in [5.41, 5.74) is 7.94. The van der Waals surface area contributed by atoms with Crippen LogP contribution in [0.4, 0.5) is 0 Å². The molecule has 43 heavy (non-hydrogen) atoms. The minimum Gasteiger partial charge on any atom is -0.485 e. The van der Waals surface area contributed by atoms with Crippen LogP contribution in [0.1, 0.15) is 17.0 Å². The number of fused-ring (bicyclic) bond motifs is 6. The highest BCUT2D eigenvalue weighted by molar-refractivity contribution is 6.24. The molecule has 3 heteroatoms. The van der Waals surface area contributed by atoms with Gasteiger partial charge in [0.05, 0.1) is 11.0 Å². The van der Waals surface area contributed by atoms with Gasteiger partial charge < -0.3 is 4.74 Å². The molecule has 1 aliphatic carbocycles. The van der Waals surface area contributed by atoms with E-state index >= 15 is 0 Å². The maximum atomic E-state index is 6.47. The molecule has 200 valence electrons. The second kappa shape index (κ2) is 8.50. The van der Waals surface area contributed by atoms with Gasteiger partial charge in [0.1, 0.15) is 11.9 Å². The molecule has 0 N–H and O–H groups in total. The molecule has 6 aromatic carbocycles. The van der Waals surface area contributed by atoms with Gasteiger partial charge in [-0.2, -0.15) is 0 Å². The van der Waals surface area contributed by atoms with Crippen LogP contribution in [0.3, 0.4) is 0 Å². The van der Waals surface area contributed by atoms with E-state index in [0.29, 0.717) is 0 Å². The van der Waals surface area contributed by atoms with Crippen molar-refractivity contribution in [1.29, 1.82) is 0 Å². The Hall–Kier alpha value is -5.54. The van der Waals surface area contributed by atoms with Gasteiger partial charge in [-0.1, -0.05) is 84.9 Å². The van der Waals surface area contributed by atoms with E-state index in [1.807, 2.05) is 24.5 Å². The molecule has 10 rings (SSSR count). The summed E-state index contributed by atoms with van der Waals surface area (Å²) < 4.78 is 6.47. The van der Waals surface area contributed by atoms with Crippen molar-refractivity contribution in [2.75, 3.05) is 0 Å². The Morgan fingerprint density at radius 1 is 0.581 bits per heavy atom. The SMILES string of the molecule is C1=C[C@H]2Oc3ccc(-c4cc5cccnc5c5ncccc45)cc3C2C=C1c1ccc2ccc3cccc4ccc1c2c34. The highest BCUT2D eigenvalue weighted by Crippen LogP contribution is 2.47. The Labute approximate surface area is 247 Å². The molecule has 0 saturated heterocycles. The number of rotatable bonds is 2. The van der Waals surface area contributed by atoms with Crippen LogP contribution in [0.15, 0.2) is 134 Å². The van der Waals surface area contributed by atoms with E-state index < -0.39 is 0 Å². The number of pyridine rings is 2. The van der Waals surface area contributed by atoms with Crippen LogP contribution >= 0.6 is 0 Å². The van der Waals surface area contributed by atoms with E-state index in [4.69, 9.17) is 9.72 Å². The minimum atomic E-state index is -0.00648. The lowest BCUT2D eigenvalue weighted by molar-refractivity contribution is 0.269. The Kier molecular flexibility index (Phi) is 4.56. The van der Waals surface area contributed by atoms with E-state index in [9.17, 15) is 0 Å². The van der Waals surface area contributed by atoms with Gasteiger partial charge in [0.25, 0.3) is 0 Å². The number of hydrogen-bond donors (Lipinski definition) is 0. The second-order valence-electron chi connectivity index (χ2n) is 11.7. The van der Waals surface area contributed by atoms with Crippen molar-refractivity contribution < 1.29 is 4.74 Å². The van der Waals surface area contributed by atoms with Crippen LogP contribution in [-0.2, 0) is 0 Å². The summed E-state index contributed by atoms with van der Waals surface area (Å²) in [5.74, 6) is 1.10. The standard InChI is InChI=1S/C40H24N2O/c1-4-23-8-9-25-10-14-29(30-15-11-24(5-1)37(23)38(25)30)26-12-16-35-33(20-26)34-21-27(13-17-36(34)43-35)32-22-28-6-2-18-41-39(28)40-31(32)7-3-19-42-40/h1-22,33,35H/t33?,35-/m1/s1. The number of benzene rings is 6. The van der Waals surface area contributed by atoms with Crippen LogP contribution in [0, 0.1) is 0 Å². The zero-order valence-electron chi connectivity index (χ0n) is 23.2. The van der Waals surface area contributed by atoms with E-state index in [1.165, 1.54) is 54.6 Å². The van der Waals surface area contributed by atoms with Crippen LogP contribution < -0.4 is 4.74 Å². The molecule has 0 radical (unpaired) electrons. The average Bonchev–Trinajstić information content (AvgIpc) is 3.44. The molecular formula is C40H24N2O. The summed E-state index contributed by atoms with van der Waals surface area (Å²) in [5, 5.41) is 10.1. The molecule has 2 aromatic heterocycles. The number of ether oxygens (including phenoxy) is 1. The highest BCUT2D eigenvalue weighted by Gasteiger charge is 2.34. The monoisotopic (exact) mass is 548 g/mol. The first kappa shape index (κ1) is 23.1. The Bertz CT molecular complexity index is 2490. The van der Waals surface area contributed by atoms with E-state index in [-0.39, 0.29) is 12.0 Å². The molecule has 0 fully saturated rings. The fourth-order valence-corrected chi connectivity index (χ4v) is 7.45. The smallest absolute Gasteiger partial charge is 0.128 e. The third-order valence-electron chi connectivity index (χ3n) is 9.42. The lowest BCUT2D eigenvalue weighted by atomic mass is 9.83. The summed E-state index contributed by atoms with van der Waals surface area (Å²) >= 11 is 0. The summed E-state index contributed by atoms with van der Waals surface area (Å²) in [6.07, 6.45) is 10.6. The van der Waals surface area contributed by atoms with Crippen molar-refractivity contribution in [1.82, 2.24) is 9.97 Å². The van der Waals surface area contributed by atoms with Crippen molar-refractivity contribution >= 4 is 59.7 Å². The Balaban J connectivity index is 1.13. The topological polar surface area (TPSA) is 35.0 Å². The normalized spacial score (nSPS) is 17.5. The molecule has 8 aromatic rings. The zero-order valence-corrected chi connectivity index (χ0v) is 23.2. The number of allylic oxidation sites excluding steroid dienone is 2. The van der Waals surface area contributed by atoms with Gasteiger partial charge in [0.15, 0.2) is 0 Å². The van der Waals surface area contributed by atoms with Crippen LogP contribution in [0.25, 0.3) is 70.8 Å². The quantitative estimate of drug-likeness (QED) is 0.202. The predicted octanol–water partition coefficient (Wildman–Crippen LogP) is 9.85. The maximum Gasteiger partial charge on any atom is 0.128 e. The lowest BCUT2D eigenvalue weighted by Gasteiger charge is -2.21. The number of aromatic nitrogens is 2. The van der Waals surface area contributed by atoms with Crippen LogP contribution in [0.5, 0.6) is 5.75 Å². The van der Waals surface area contributed by atoms with E-state index in [0.717, 1.165) is 33.1 Å². The van der Waals surface area contributed by atoms with Gasteiger partial charge >= 0.3 is 0 Å². The molecule has 2 aliphatic rings. The molecule has 3 nitrogen and oxygen atoms in total. The molecule has 3 heterocycles. The van der Waals surface area contributed by atoms with Crippen molar-refractivity contribution in [2.24, 2.45) is 0 Å². The first-order chi connectivity index (χ1) is 21.3. The predicted molar refractivity (Wildman–Crippen MR) is 177 cm³/mol. The molecule has 2 atom stereocenters. The molecule has 0 saturated carbocycles. The third kappa shape index (κ3) is 3.25. The fourth-order valence-electron chi connectivity index (χ4n) is 7.45. The first-order valence-electron chi connectivity index (χ1n) is 14.8. The summed E-state index contributed by atoms with van der Waals surface area (Å²) in [7, 11) is 0. The van der Waals surface area contributed by atoms with Gasteiger partial charge in [0, 0.05) is 34.6 Å². The Morgan fingerprint density at radius 2 is 1.35 bits per heavy atom. The number of hydrogen-bond acceptors (Lipinski definition) is 3. The largest absolute Gasteiger partial charge is 0.485 e. The van der Waals surface area contributed by atoms with E-state index in [1.54, 1.807) is 0 Å². The number of nitrogens with zero attached hydrogens (tertiary/aromatic N) is 2. The highest BCUT2D eigenvalue weighted by atomic mass is 16.5. The molecule has 1 aliphatic heterocycles. The van der Waals surface area contributed by atoms with Crippen LogP contribution in [0.2, 0.25) is 0 Å². The second-order valence-corrected chi connectivity index (χ2v) is 11.7. The van der Waals surface area contributed by atoms with Gasteiger partial charge in [-0.05, 0) is 91.0 Å². The van der Waals surface area contributed by atoms with Gasteiger partial charge in [-0.25, -0.2) is 0 Å². The van der Waals surface area contributed by atoms with Crippen LogP contribution in [-0.4, -0.2) is 16.1 Å². The molecule has 0 amide bonds. The van der Waals surface area contributed by atoms with Gasteiger partial charge in [-0.15, -0.1) is 0 Å². The summed E-state index contributed by atoms with van der Waals surface area (Å²) in [4.78, 5) is 9.37. The van der Waals surface area contributed by atoms with Crippen molar-refractivity contribution in [3.63, 3.8) is 0 Å². The maximum absolute atomic E-state index is 6.47. The zero-order chi connectivity index (χ0) is 28.1. The molecular weight excluding hydrogens is 524 g/mol. The lowest BCUT2D eigenvalue weighted by Crippen LogP contribution is -2.17. The Morgan fingerprint density at radius 3 is 2.26 bits per heavy atom. The van der Waals surface area contributed by atoms with Gasteiger partial charge in [-0.3, -0.25) is 9.97 Å². The van der Waals surface area contributed by atoms with E-state index in [2.05, 4.69) is 114 Å². The fraction of sp³-hybridized carbons (Fsp3) is 0.0500. The molecule has 0 spiro atoms. The van der Waals surface area contributed by atoms with Crippen molar-refractivity contribution in [2.45, 2.75) is 12.0 Å². The third-order valence-corrected chi connectivity index (χ3v) is 9.42. The van der Waals surface area contributed by atoms with Gasteiger partial charge in [0.2, 0.25) is 0 Å². The average molecular weight is 549 g/mol. The molecule has 1 unspecified atom stereocenters. The summed E-state index contributed by atoms with van der Waals surface area (Å²) in [6, 6.07) is 37.3. The van der Waals surface area contributed by atoms with Crippen molar-refractivity contribution in [3.05, 3.63) is 145 Å².